The Morgan fingerprint density at radius 1 is 1.21 bits per heavy atom. The molecule has 2 N–H and O–H groups in total. The van der Waals surface area contributed by atoms with E-state index in [9.17, 15) is 24.3 Å². The maximum atomic E-state index is 13.6. The van der Waals surface area contributed by atoms with Crippen LogP contribution in [0.3, 0.4) is 0 Å². The molecule has 3 fully saturated rings. The predicted octanol–water partition coefficient (Wildman–Crippen LogP) is 3.47. The maximum absolute atomic E-state index is 13.6. The Bertz CT molecular complexity index is 1200. The molecule has 2 aliphatic carbocycles. The van der Waals surface area contributed by atoms with E-state index in [2.05, 4.69) is 11.1 Å². The predicted molar refractivity (Wildman–Crippen MR) is 126 cm³/mol. The Balaban J connectivity index is 1.41. The van der Waals surface area contributed by atoms with Crippen molar-refractivity contribution in [1.82, 2.24) is 9.88 Å². The highest BCUT2D eigenvalue weighted by atomic mass is 32.2. The van der Waals surface area contributed by atoms with Gasteiger partial charge in [-0.25, -0.2) is 4.79 Å². The van der Waals surface area contributed by atoms with E-state index in [4.69, 9.17) is 0 Å². The fourth-order valence-corrected chi connectivity index (χ4v) is 10.7. The lowest BCUT2D eigenvalue weighted by Gasteiger charge is -2.42. The number of aliphatic carboxylic acids is 1. The molecule has 6 rings (SSSR count). The number of carboxylic acid groups (broad SMARTS) is 1. The standard InChI is InChI=1S/C23H24N2O5S3/c1-8(2)6-11(22(28)29)25-20(26)14-9-7-10(15(14)21(25)27)17-13(9)16(12-4-3-5-31-12)18-19(32-17)24-23(30)33-18/h3-5,8-11,13-17H,6-7H2,1-2H3,(H,24,30)(H,28,29)/t9-,10-,11-,13-,14+,15-,16+,17+/m1/s1. The van der Waals surface area contributed by atoms with Crippen molar-refractivity contribution in [2.45, 2.75) is 48.9 Å². The number of carboxylic acids is 1. The van der Waals surface area contributed by atoms with Crippen molar-refractivity contribution in [3.8, 4) is 0 Å². The number of nitrogens with one attached hydrogen (secondary N) is 1. The Kier molecular flexibility index (Phi) is 4.94. The number of thiazole rings is 1. The van der Waals surface area contributed by atoms with Crippen LogP contribution in [-0.2, 0) is 14.4 Å². The zero-order valence-corrected chi connectivity index (χ0v) is 20.5. The molecule has 0 spiro atoms. The van der Waals surface area contributed by atoms with Gasteiger partial charge in [-0.1, -0.05) is 31.3 Å². The van der Waals surface area contributed by atoms with E-state index < -0.39 is 23.8 Å². The average molecular weight is 505 g/mol. The van der Waals surface area contributed by atoms with Crippen molar-refractivity contribution in [2.24, 2.45) is 35.5 Å². The van der Waals surface area contributed by atoms with Crippen molar-refractivity contribution in [3.63, 3.8) is 0 Å². The Morgan fingerprint density at radius 3 is 2.58 bits per heavy atom. The zero-order valence-electron chi connectivity index (χ0n) is 18.1. The van der Waals surface area contributed by atoms with Gasteiger partial charge in [-0.2, -0.15) is 0 Å². The number of nitrogens with zero attached hydrogens (tertiary/aromatic N) is 1. The Labute approximate surface area is 202 Å². The number of hydrogen-bond acceptors (Lipinski definition) is 7. The average Bonchev–Trinajstić information content (AvgIpc) is 3.54. The van der Waals surface area contributed by atoms with Crippen molar-refractivity contribution < 1.29 is 19.5 Å². The number of H-pyrrole nitrogens is 1. The van der Waals surface area contributed by atoms with Crippen LogP contribution < -0.4 is 4.87 Å². The molecule has 0 radical (unpaired) electrons. The summed E-state index contributed by atoms with van der Waals surface area (Å²) < 4.78 is 0. The SMILES string of the molecule is CC(C)C[C@H](C(=O)O)N1C(=O)[C@@H]2[C@H]3C[C@@H]([C@@H]2C1=O)[C@@H]1[C@H](c2cccs2)c2sc(=O)[nH]c2S[C@@H]31. The van der Waals surface area contributed by atoms with Crippen LogP contribution in [0, 0.1) is 35.5 Å². The highest BCUT2D eigenvalue weighted by molar-refractivity contribution is 8.00. The molecule has 2 saturated carbocycles. The lowest BCUT2D eigenvalue weighted by molar-refractivity contribution is -0.156. The van der Waals surface area contributed by atoms with E-state index in [-0.39, 0.29) is 57.9 Å². The monoisotopic (exact) mass is 504 g/mol. The molecule has 0 unspecified atom stereocenters. The molecule has 2 aromatic heterocycles. The summed E-state index contributed by atoms with van der Waals surface area (Å²) in [5, 5.41) is 12.9. The maximum Gasteiger partial charge on any atom is 0.326 e. The number of fused-ring (bicyclic) bond motifs is 9. The van der Waals surface area contributed by atoms with Crippen molar-refractivity contribution >= 4 is 52.2 Å². The number of rotatable bonds is 5. The van der Waals surface area contributed by atoms with Crippen LogP contribution in [0.1, 0.15) is 42.4 Å². The van der Waals surface area contributed by atoms with Crippen LogP contribution in [0.25, 0.3) is 0 Å². The number of imide groups is 1. The van der Waals surface area contributed by atoms with Gasteiger partial charge in [0.25, 0.3) is 0 Å². The summed E-state index contributed by atoms with van der Waals surface area (Å²) in [4.78, 5) is 57.6. The normalized spacial score (nSPS) is 35.1. The van der Waals surface area contributed by atoms with Gasteiger partial charge in [0.05, 0.1) is 16.9 Å². The van der Waals surface area contributed by atoms with E-state index in [1.165, 1.54) is 16.2 Å². The van der Waals surface area contributed by atoms with E-state index >= 15 is 0 Å². The summed E-state index contributed by atoms with van der Waals surface area (Å²) in [5.74, 6) is -2.32. The zero-order chi connectivity index (χ0) is 23.2. The summed E-state index contributed by atoms with van der Waals surface area (Å²) in [6.07, 6.45) is 1.07. The number of carbonyl (C=O) groups excluding carboxylic acids is 2. The smallest absolute Gasteiger partial charge is 0.326 e. The summed E-state index contributed by atoms with van der Waals surface area (Å²) in [5.41, 5.74) is 0. The molecule has 2 aliphatic heterocycles. The van der Waals surface area contributed by atoms with E-state index in [0.717, 1.165) is 21.2 Å². The molecular weight excluding hydrogens is 480 g/mol. The summed E-state index contributed by atoms with van der Waals surface area (Å²) >= 11 is 4.57. The molecule has 174 valence electrons. The minimum atomic E-state index is -1.11. The quantitative estimate of drug-likeness (QED) is 0.604. The van der Waals surface area contributed by atoms with Gasteiger partial charge in [-0.05, 0) is 48.0 Å². The molecule has 1 saturated heterocycles. The number of aromatic amines is 1. The van der Waals surface area contributed by atoms with Crippen LogP contribution in [0.15, 0.2) is 27.3 Å². The topological polar surface area (TPSA) is 108 Å². The van der Waals surface area contributed by atoms with Gasteiger partial charge in [-0.3, -0.25) is 19.3 Å². The van der Waals surface area contributed by atoms with Crippen molar-refractivity contribution in [1.29, 1.82) is 0 Å². The highest BCUT2D eigenvalue weighted by Crippen LogP contribution is 2.68. The van der Waals surface area contributed by atoms with E-state index in [0.29, 0.717) is 0 Å². The highest BCUT2D eigenvalue weighted by Gasteiger charge is 2.70. The number of hydrogen-bond donors (Lipinski definition) is 2. The van der Waals surface area contributed by atoms with Gasteiger partial charge in [0.2, 0.25) is 11.8 Å². The third kappa shape index (κ3) is 2.99. The van der Waals surface area contributed by atoms with Crippen LogP contribution in [0.5, 0.6) is 0 Å². The molecule has 4 aliphatic rings. The molecule has 4 heterocycles. The first kappa shape index (κ1) is 21.6. The summed E-state index contributed by atoms with van der Waals surface area (Å²) in [6.45, 7) is 3.81. The van der Waals surface area contributed by atoms with Gasteiger partial charge >= 0.3 is 10.8 Å². The van der Waals surface area contributed by atoms with Crippen molar-refractivity contribution in [3.05, 3.63) is 36.9 Å². The number of thioether (sulfide) groups is 1. The molecule has 2 aromatic rings. The molecule has 10 heteroatoms. The van der Waals surface area contributed by atoms with Gasteiger partial charge < -0.3 is 10.1 Å². The second kappa shape index (κ2) is 7.55. The number of thiophene rings is 1. The van der Waals surface area contributed by atoms with Gasteiger partial charge in [0, 0.05) is 20.9 Å². The van der Waals surface area contributed by atoms with Crippen LogP contribution >= 0.6 is 34.4 Å². The molecular formula is C23H24N2O5S3. The number of carbonyl (C=O) groups is 3. The Hall–Kier alpha value is -1.91. The van der Waals surface area contributed by atoms with Gasteiger partial charge in [0.1, 0.15) is 6.04 Å². The number of likely N-dealkylation sites (tertiary alicyclic amines) is 1. The fourth-order valence-electron chi connectivity index (χ4n) is 6.90. The minimum Gasteiger partial charge on any atom is -0.480 e. The first-order valence-corrected chi connectivity index (χ1v) is 13.9. The van der Waals surface area contributed by atoms with Crippen LogP contribution in [0.4, 0.5) is 0 Å². The summed E-state index contributed by atoms with van der Waals surface area (Å²) in [6, 6.07) is 3.00. The van der Waals surface area contributed by atoms with Crippen LogP contribution in [-0.4, -0.2) is 44.1 Å². The Morgan fingerprint density at radius 2 is 1.94 bits per heavy atom. The van der Waals surface area contributed by atoms with Gasteiger partial charge in [-0.15, -0.1) is 23.1 Å². The second-order valence-electron chi connectivity index (χ2n) is 10.0. The van der Waals surface area contributed by atoms with Gasteiger partial charge in [0.15, 0.2) is 0 Å². The lowest BCUT2D eigenvalue weighted by atomic mass is 9.69. The molecule has 8 atom stereocenters. The first-order valence-electron chi connectivity index (χ1n) is 11.3. The molecule has 7 nitrogen and oxygen atoms in total. The van der Waals surface area contributed by atoms with E-state index in [1.54, 1.807) is 23.1 Å². The fraction of sp³-hybridized carbons (Fsp3) is 0.565. The number of aromatic nitrogens is 1. The molecule has 2 bridgehead atoms. The largest absolute Gasteiger partial charge is 0.480 e. The minimum absolute atomic E-state index is 0.0176. The molecule has 33 heavy (non-hydrogen) atoms. The molecule has 2 amide bonds. The van der Waals surface area contributed by atoms with Crippen LogP contribution in [0.2, 0.25) is 0 Å². The lowest BCUT2D eigenvalue weighted by Crippen LogP contribution is -2.47. The third-order valence-electron chi connectivity index (χ3n) is 7.90. The number of amides is 2. The first-order chi connectivity index (χ1) is 15.8. The van der Waals surface area contributed by atoms with Crippen molar-refractivity contribution in [2.75, 3.05) is 0 Å². The molecule has 0 aromatic carbocycles. The second-order valence-corrected chi connectivity index (χ2v) is 13.2. The summed E-state index contributed by atoms with van der Waals surface area (Å²) in [7, 11) is 0. The van der Waals surface area contributed by atoms with E-state index in [1.807, 2.05) is 25.3 Å². The third-order valence-corrected chi connectivity index (χ3v) is 11.4.